The van der Waals surface area contributed by atoms with Crippen molar-refractivity contribution in [2.45, 2.75) is 38.6 Å². The molecule has 0 saturated carbocycles. The van der Waals surface area contributed by atoms with E-state index in [2.05, 4.69) is 6.92 Å². The third-order valence-electron chi connectivity index (χ3n) is 1.93. The molecule has 0 rings (SSSR count). The molecule has 0 bridgehead atoms. The summed E-state index contributed by atoms with van der Waals surface area (Å²) in [4.78, 5) is 11.3. The summed E-state index contributed by atoms with van der Waals surface area (Å²) in [5, 5.41) is 0. The summed E-state index contributed by atoms with van der Waals surface area (Å²) in [6.45, 7) is 2.63. The van der Waals surface area contributed by atoms with Crippen LogP contribution in [0.5, 0.6) is 0 Å². The van der Waals surface area contributed by atoms with Gasteiger partial charge in [0.2, 0.25) is 0 Å². The Balaban J connectivity index is 0. The monoisotopic (exact) mass is 255 g/mol. The van der Waals surface area contributed by atoms with E-state index in [0.29, 0.717) is 13.0 Å². The molecular formula is C10H22ClNO2S. The number of rotatable bonds is 8. The molecule has 0 saturated heterocycles. The van der Waals surface area contributed by atoms with Gasteiger partial charge in [0.1, 0.15) is 6.04 Å². The van der Waals surface area contributed by atoms with Crippen LogP contribution in [-0.2, 0) is 9.53 Å². The molecular weight excluding hydrogens is 234 g/mol. The summed E-state index contributed by atoms with van der Waals surface area (Å²) >= 11 is 1.69. The van der Waals surface area contributed by atoms with Crippen LogP contribution in [0.25, 0.3) is 0 Å². The summed E-state index contributed by atoms with van der Waals surface area (Å²) in [5.41, 5.74) is 5.63. The van der Waals surface area contributed by atoms with E-state index < -0.39 is 6.04 Å². The minimum atomic E-state index is -0.441. The maximum absolute atomic E-state index is 11.3. The topological polar surface area (TPSA) is 52.3 Å². The number of ether oxygens (including phenoxy) is 1. The molecule has 0 aliphatic carbocycles. The smallest absolute Gasteiger partial charge is 0.322 e. The van der Waals surface area contributed by atoms with Crippen molar-refractivity contribution >= 4 is 30.1 Å². The molecule has 0 radical (unpaired) electrons. The Morgan fingerprint density at radius 3 is 2.67 bits per heavy atom. The van der Waals surface area contributed by atoms with E-state index in [9.17, 15) is 4.79 Å². The van der Waals surface area contributed by atoms with Crippen LogP contribution in [0.1, 0.15) is 32.6 Å². The average Bonchev–Trinajstić information content (AvgIpc) is 2.20. The van der Waals surface area contributed by atoms with Crippen LogP contribution < -0.4 is 5.73 Å². The Kier molecular flexibility index (Phi) is 14.1. The fourth-order valence-corrected chi connectivity index (χ4v) is 1.48. The van der Waals surface area contributed by atoms with Gasteiger partial charge in [0, 0.05) is 0 Å². The molecule has 92 valence electrons. The van der Waals surface area contributed by atoms with Gasteiger partial charge in [0.25, 0.3) is 0 Å². The van der Waals surface area contributed by atoms with Gasteiger partial charge in [-0.1, -0.05) is 19.8 Å². The lowest BCUT2D eigenvalue weighted by atomic mass is 10.2. The standard InChI is InChI=1S/C10H21NO2S.ClH/c1-3-4-5-7-13-10(12)9(11)6-8-14-2;/h9H,3-8,11H2,1-2H3;1H. The normalized spacial score (nSPS) is 11.7. The second-order valence-electron chi connectivity index (χ2n) is 3.26. The lowest BCUT2D eigenvalue weighted by Crippen LogP contribution is -2.33. The van der Waals surface area contributed by atoms with E-state index in [1.54, 1.807) is 11.8 Å². The van der Waals surface area contributed by atoms with Gasteiger partial charge in [-0.25, -0.2) is 0 Å². The predicted octanol–water partition coefficient (Wildman–Crippen LogP) is 2.22. The highest BCUT2D eigenvalue weighted by Crippen LogP contribution is 2.01. The van der Waals surface area contributed by atoms with Gasteiger partial charge < -0.3 is 10.5 Å². The van der Waals surface area contributed by atoms with E-state index in [4.69, 9.17) is 10.5 Å². The van der Waals surface area contributed by atoms with E-state index >= 15 is 0 Å². The summed E-state index contributed by atoms with van der Waals surface area (Å²) in [5.74, 6) is 0.653. The highest BCUT2D eigenvalue weighted by Gasteiger charge is 2.13. The van der Waals surface area contributed by atoms with Crippen LogP contribution in [0.2, 0.25) is 0 Å². The van der Waals surface area contributed by atoms with Crippen molar-refractivity contribution in [3.63, 3.8) is 0 Å². The number of hydrogen-bond donors (Lipinski definition) is 1. The van der Waals surface area contributed by atoms with Gasteiger partial charge in [-0.3, -0.25) is 4.79 Å². The molecule has 0 aromatic carbocycles. The number of carbonyl (C=O) groups excluding carboxylic acids is 1. The van der Waals surface area contributed by atoms with Gasteiger partial charge in [-0.15, -0.1) is 12.4 Å². The molecule has 3 nitrogen and oxygen atoms in total. The lowest BCUT2D eigenvalue weighted by Gasteiger charge is -2.10. The van der Waals surface area contributed by atoms with Gasteiger partial charge in [0.05, 0.1) is 6.61 Å². The molecule has 0 heterocycles. The van der Waals surface area contributed by atoms with Crippen LogP contribution in [-0.4, -0.2) is 30.6 Å². The van der Waals surface area contributed by atoms with Crippen LogP contribution in [0.3, 0.4) is 0 Å². The highest BCUT2D eigenvalue weighted by atomic mass is 35.5. The van der Waals surface area contributed by atoms with E-state index in [-0.39, 0.29) is 18.4 Å². The lowest BCUT2D eigenvalue weighted by molar-refractivity contribution is -0.145. The second kappa shape index (κ2) is 12.1. The second-order valence-corrected chi connectivity index (χ2v) is 4.25. The zero-order chi connectivity index (χ0) is 10.8. The number of hydrogen-bond acceptors (Lipinski definition) is 4. The Hall–Kier alpha value is 0.0700. The van der Waals surface area contributed by atoms with Crippen molar-refractivity contribution in [2.75, 3.05) is 18.6 Å². The first-order valence-corrected chi connectivity index (χ1v) is 6.53. The largest absolute Gasteiger partial charge is 0.465 e. The molecule has 0 fully saturated rings. The molecule has 0 amide bonds. The Labute approximate surface area is 103 Å². The molecule has 0 aliphatic heterocycles. The number of halogens is 1. The number of thioether (sulfide) groups is 1. The SMILES string of the molecule is CCCCCOC(=O)C(N)CCSC.Cl. The minimum Gasteiger partial charge on any atom is -0.465 e. The van der Waals surface area contributed by atoms with Crippen LogP contribution in [0, 0.1) is 0 Å². The first kappa shape index (κ1) is 17.5. The summed E-state index contributed by atoms with van der Waals surface area (Å²) in [6, 6.07) is -0.441. The third kappa shape index (κ3) is 10.4. The molecule has 1 unspecified atom stereocenters. The molecule has 5 heteroatoms. The quantitative estimate of drug-likeness (QED) is 0.534. The fourth-order valence-electron chi connectivity index (χ4n) is 0.995. The zero-order valence-corrected chi connectivity index (χ0v) is 11.2. The summed E-state index contributed by atoms with van der Waals surface area (Å²) in [6.07, 6.45) is 5.88. The minimum absolute atomic E-state index is 0. The summed E-state index contributed by atoms with van der Waals surface area (Å²) in [7, 11) is 0. The molecule has 0 aromatic heterocycles. The summed E-state index contributed by atoms with van der Waals surface area (Å²) < 4.78 is 5.03. The van der Waals surface area contributed by atoms with Gasteiger partial charge in [-0.2, -0.15) is 11.8 Å². The number of carbonyl (C=O) groups is 1. The zero-order valence-electron chi connectivity index (χ0n) is 9.53. The van der Waals surface area contributed by atoms with E-state index in [1.807, 2.05) is 6.26 Å². The maximum atomic E-state index is 11.3. The number of unbranched alkanes of at least 4 members (excludes halogenated alkanes) is 2. The van der Waals surface area contributed by atoms with Crippen molar-refractivity contribution in [2.24, 2.45) is 5.73 Å². The van der Waals surface area contributed by atoms with E-state index in [1.165, 1.54) is 0 Å². The highest BCUT2D eigenvalue weighted by molar-refractivity contribution is 7.98. The Morgan fingerprint density at radius 1 is 1.47 bits per heavy atom. The van der Waals surface area contributed by atoms with Crippen molar-refractivity contribution < 1.29 is 9.53 Å². The van der Waals surface area contributed by atoms with Crippen molar-refractivity contribution in [1.29, 1.82) is 0 Å². The third-order valence-corrected chi connectivity index (χ3v) is 2.57. The molecule has 0 aliphatic rings. The van der Waals surface area contributed by atoms with Crippen molar-refractivity contribution in [3.05, 3.63) is 0 Å². The maximum Gasteiger partial charge on any atom is 0.322 e. The molecule has 0 spiro atoms. The molecule has 1 atom stereocenters. The number of nitrogens with two attached hydrogens (primary N) is 1. The van der Waals surface area contributed by atoms with Crippen LogP contribution in [0.4, 0.5) is 0 Å². The Bertz CT molecular complexity index is 158. The van der Waals surface area contributed by atoms with Gasteiger partial charge in [-0.05, 0) is 24.9 Å². The van der Waals surface area contributed by atoms with E-state index in [0.717, 1.165) is 25.0 Å². The van der Waals surface area contributed by atoms with Crippen LogP contribution in [0.15, 0.2) is 0 Å². The fraction of sp³-hybridized carbons (Fsp3) is 0.900. The predicted molar refractivity (Wildman–Crippen MR) is 68.7 cm³/mol. The molecule has 15 heavy (non-hydrogen) atoms. The van der Waals surface area contributed by atoms with Gasteiger partial charge >= 0.3 is 5.97 Å². The van der Waals surface area contributed by atoms with Gasteiger partial charge in [0.15, 0.2) is 0 Å². The van der Waals surface area contributed by atoms with Crippen molar-refractivity contribution in [1.82, 2.24) is 0 Å². The first-order chi connectivity index (χ1) is 6.72. The van der Waals surface area contributed by atoms with Crippen molar-refractivity contribution in [3.8, 4) is 0 Å². The molecule has 2 N–H and O–H groups in total. The first-order valence-electron chi connectivity index (χ1n) is 5.13. The molecule has 0 aromatic rings. The average molecular weight is 256 g/mol. The van der Waals surface area contributed by atoms with Crippen LogP contribution >= 0.6 is 24.2 Å². The number of esters is 1. The Morgan fingerprint density at radius 2 is 2.13 bits per heavy atom.